The zero-order chi connectivity index (χ0) is 18.1. The molecule has 2 aromatic rings. The summed E-state index contributed by atoms with van der Waals surface area (Å²) in [5.74, 6) is 1.46. The summed E-state index contributed by atoms with van der Waals surface area (Å²) in [4.78, 5) is 0. The molecule has 2 rings (SSSR count). The van der Waals surface area contributed by atoms with Crippen LogP contribution in [0.1, 0.15) is 32.3 Å². The van der Waals surface area contributed by atoms with Crippen molar-refractivity contribution in [2.75, 3.05) is 12.8 Å². The van der Waals surface area contributed by atoms with Crippen molar-refractivity contribution in [3.63, 3.8) is 0 Å². The molecule has 0 fully saturated rings. The molecular weight excluding hydrogens is 339 g/mol. The number of hydrogen-bond donors (Lipinski definition) is 1. The minimum absolute atomic E-state index is 0.188. The lowest BCUT2D eigenvalue weighted by Gasteiger charge is -2.17. The molecule has 1 unspecified atom stereocenters. The van der Waals surface area contributed by atoms with E-state index in [0.717, 1.165) is 18.4 Å². The van der Waals surface area contributed by atoms with Gasteiger partial charge in [0.05, 0.1) is 19.4 Å². The average molecular weight is 364 g/mol. The molecule has 0 aromatic heterocycles. The van der Waals surface area contributed by atoms with Crippen LogP contribution in [0.3, 0.4) is 0 Å². The van der Waals surface area contributed by atoms with Crippen molar-refractivity contribution in [3.8, 4) is 17.2 Å². The Morgan fingerprint density at radius 3 is 2.44 bits per heavy atom. The van der Waals surface area contributed by atoms with Gasteiger partial charge in [0, 0.05) is 0 Å². The zero-order valence-electron chi connectivity index (χ0n) is 14.7. The third-order valence-corrected chi connectivity index (χ3v) is 5.55. The van der Waals surface area contributed by atoms with E-state index in [-0.39, 0.29) is 12.4 Å². The zero-order valence-corrected chi connectivity index (χ0v) is 15.6. The molecule has 0 heterocycles. The van der Waals surface area contributed by atoms with E-state index in [1.165, 1.54) is 0 Å². The summed E-state index contributed by atoms with van der Waals surface area (Å²) < 4.78 is 29.4. The van der Waals surface area contributed by atoms with Crippen molar-refractivity contribution in [1.82, 2.24) is 0 Å². The lowest BCUT2D eigenvalue weighted by Crippen LogP contribution is -2.01. The maximum atomic E-state index is 12.7. The predicted molar refractivity (Wildman–Crippen MR) is 98.4 cm³/mol. The van der Waals surface area contributed by atoms with E-state index in [1.807, 2.05) is 38.1 Å². The monoisotopic (exact) mass is 364 g/mol. The standard InChI is InChI=1S/C19H25O5P/c1-3-5-13-25(21,22-4-2)23-15-16-7-6-8-19(14-16)24-18-11-9-17(20)10-12-18/h6-12,14,20H,3-5,13,15H2,1-2H3. The van der Waals surface area contributed by atoms with Crippen molar-refractivity contribution in [3.05, 3.63) is 54.1 Å². The number of hydrogen-bond acceptors (Lipinski definition) is 5. The normalized spacial score (nSPS) is 13.4. The highest BCUT2D eigenvalue weighted by Gasteiger charge is 2.23. The molecule has 0 aliphatic heterocycles. The van der Waals surface area contributed by atoms with E-state index in [1.54, 1.807) is 24.3 Å². The van der Waals surface area contributed by atoms with Crippen LogP contribution in [0.5, 0.6) is 17.2 Å². The Bertz CT molecular complexity index is 699. The Morgan fingerprint density at radius 1 is 1.00 bits per heavy atom. The molecular formula is C19H25O5P. The lowest BCUT2D eigenvalue weighted by atomic mass is 10.2. The van der Waals surface area contributed by atoms with Gasteiger partial charge in [0.15, 0.2) is 0 Å². The summed E-state index contributed by atoms with van der Waals surface area (Å²) in [5.41, 5.74) is 0.854. The number of ether oxygens (including phenoxy) is 1. The van der Waals surface area contributed by atoms with Crippen molar-refractivity contribution in [1.29, 1.82) is 0 Å². The summed E-state index contributed by atoms with van der Waals surface area (Å²) in [6, 6.07) is 13.9. The van der Waals surface area contributed by atoms with Gasteiger partial charge in [-0.15, -0.1) is 0 Å². The summed E-state index contributed by atoms with van der Waals surface area (Å²) in [5, 5.41) is 9.31. The van der Waals surface area contributed by atoms with Gasteiger partial charge >= 0.3 is 7.60 Å². The Balaban J connectivity index is 2.00. The van der Waals surface area contributed by atoms with Crippen LogP contribution in [-0.4, -0.2) is 17.9 Å². The molecule has 0 radical (unpaired) electrons. The van der Waals surface area contributed by atoms with Gasteiger partial charge in [-0.3, -0.25) is 4.57 Å². The van der Waals surface area contributed by atoms with E-state index in [0.29, 0.717) is 24.3 Å². The van der Waals surface area contributed by atoms with Crippen LogP contribution >= 0.6 is 7.60 Å². The van der Waals surface area contributed by atoms with Gasteiger partial charge < -0.3 is 18.9 Å². The summed E-state index contributed by atoms with van der Waals surface area (Å²) >= 11 is 0. The first-order valence-corrected chi connectivity index (χ1v) is 10.2. The first-order valence-electron chi connectivity index (χ1n) is 8.48. The quantitative estimate of drug-likeness (QED) is 0.545. The van der Waals surface area contributed by atoms with Crippen molar-refractivity contribution >= 4 is 7.60 Å². The van der Waals surface area contributed by atoms with Crippen LogP contribution in [0, 0.1) is 0 Å². The topological polar surface area (TPSA) is 65.0 Å². The average Bonchev–Trinajstić information content (AvgIpc) is 2.61. The third kappa shape index (κ3) is 6.54. The number of unbranched alkanes of at least 4 members (excludes halogenated alkanes) is 1. The minimum atomic E-state index is -3.06. The highest BCUT2D eigenvalue weighted by molar-refractivity contribution is 7.53. The van der Waals surface area contributed by atoms with Gasteiger partial charge in [-0.2, -0.15) is 0 Å². The van der Waals surface area contributed by atoms with Crippen LogP contribution in [-0.2, 0) is 20.2 Å². The van der Waals surface area contributed by atoms with Crippen molar-refractivity contribution in [2.45, 2.75) is 33.3 Å². The number of phenols is 1. The number of rotatable bonds is 10. The lowest BCUT2D eigenvalue weighted by molar-refractivity contribution is 0.204. The SMILES string of the molecule is CCCCP(=O)(OCC)OCc1cccc(Oc2ccc(O)cc2)c1. The second-order valence-electron chi connectivity index (χ2n) is 5.62. The molecule has 2 aromatic carbocycles. The summed E-state index contributed by atoms with van der Waals surface area (Å²) in [6.07, 6.45) is 2.18. The molecule has 0 aliphatic rings. The second-order valence-corrected chi connectivity index (χ2v) is 7.81. The summed E-state index contributed by atoms with van der Waals surface area (Å²) in [7, 11) is -3.06. The Hall–Kier alpha value is -1.81. The number of benzene rings is 2. The van der Waals surface area contributed by atoms with Crippen molar-refractivity contribution in [2.24, 2.45) is 0 Å². The number of aromatic hydroxyl groups is 1. The minimum Gasteiger partial charge on any atom is -0.508 e. The van der Waals surface area contributed by atoms with Gasteiger partial charge in [0.1, 0.15) is 17.2 Å². The molecule has 1 N–H and O–H groups in total. The fourth-order valence-corrected chi connectivity index (χ4v) is 4.01. The molecule has 0 saturated carbocycles. The van der Waals surface area contributed by atoms with E-state index in [2.05, 4.69) is 0 Å². The van der Waals surface area contributed by atoms with E-state index >= 15 is 0 Å². The molecule has 136 valence electrons. The fraction of sp³-hybridized carbons (Fsp3) is 0.368. The van der Waals surface area contributed by atoms with E-state index in [9.17, 15) is 9.67 Å². The van der Waals surface area contributed by atoms with E-state index < -0.39 is 7.60 Å². The molecule has 25 heavy (non-hydrogen) atoms. The molecule has 0 saturated heterocycles. The third-order valence-electron chi connectivity index (χ3n) is 3.51. The molecule has 6 heteroatoms. The van der Waals surface area contributed by atoms with Gasteiger partial charge in [-0.25, -0.2) is 0 Å². The van der Waals surface area contributed by atoms with Crippen molar-refractivity contribution < 1.29 is 23.5 Å². The van der Waals surface area contributed by atoms with Crippen LogP contribution < -0.4 is 4.74 Å². The maximum Gasteiger partial charge on any atom is 0.330 e. The molecule has 5 nitrogen and oxygen atoms in total. The first kappa shape index (κ1) is 19.5. The van der Waals surface area contributed by atoms with Crippen LogP contribution in [0.4, 0.5) is 0 Å². The maximum absolute atomic E-state index is 12.7. The Morgan fingerprint density at radius 2 is 1.76 bits per heavy atom. The molecule has 0 bridgehead atoms. The largest absolute Gasteiger partial charge is 0.508 e. The number of phenolic OH excluding ortho intramolecular Hbond substituents is 1. The highest BCUT2D eigenvalue weighted by Crippen LogP contribution is 2.49. The van der Waals surface area contributed by atoms with E-state index in [4.69, 9.17) is 13.8 Å². The Labute approximate surface area is 149 Å². The Kier molecular flexibility index (Phi) is 7.51. The molecule has 0 amide bonds. The van der Waals surface area contributed by atoms with Crippen LogP contribution in [0.15, 0.2) is 48.5 Å². The van der Waals surface area contributed by atoms with Crippen LogP contribution in [0.25, 0.3) is 0 Å². The predicted octanol–water partition coefficient (Wildman–Crippen LogP) is 5.73. The van der Waals surface area contributed by atoms with Gasteiger partial charge in [-0.1, -0.05) is 25.5 Å². The highest BCUT2D eigenvalue weighted by atomic mass is 31.2. The fourth-order valence-electron chi connectivity index (χ4n) is 2.24. The van der Waals surface area contributed by atoms with Crippen LogP contribution in [0.2, 0.25) is 0 Å². The molecule has 0 aliphatic carbocycles. The smallest absolute Gasteiger partial charge is 0.330 e. The summed E-state index contributed by atoms with van der Waals surface area (Å²) in [6.45, 7) is 4.42. The molecule has 1 atom stereocenters. The molecule has 0 spiro atoms. The second kappa shape index (κ2) is 9.62. The van der Waals surface area contributed by atoms with Gasteiger partial charge in [-0.05, 0) is 55.3 Å². The van der Waals surface area contributed by atoms with Gasteiger partial charge in [0.2, 0.25) is 0 Å². The first-order chi connectivity index (χ1) is 12.0. The van der Waals surface area contributed by atoms with Gasteiger partial charge in [0.25, 0.3) is 0 Å².